The first-order chi connectivity index (χ1) is 8.00. The Morgan fingerprint density at radius 3 is 2.76 bits per heavy atom. The number of amides is 1. The Hall–Kier alpha value is -1.82. The Labute approximate surface area is 106 Å². The van der Waals surface area contributed by atoms with E-state index in [1.807, 2.05) is 0 Å². The van der Waals surface area contributed by atoms with Crippen molar-refractivity contribution in [2.75, 3.05) is 12.3 Å². The van der Waals surface area contributed by atoms with Gasteiger partial charge in [0.1, 0.15) is 0 Å². The van der Waals surface area contributed by atoms with E-state index >= 15 is 0 Å². The first-order valence-corrected chi connectivity index (χ1v) is 5.52. The van der Waals surface area contributed by atoms with Crippen molar-refractivity contribution in [3.8, 4) is 0 Å². The summed E-state index contributed by atoms with van der Waals surface area (Å²) in [6, 6.07) is 4.84. The fourth-order valence-corrected chi connectivity index (χ4v) is 1.35. The van der Waals surface area contributed by atoms with E-state index in [0.717, 1.165) is 10.5 Å². The molecule has 1 rings (SSSR count). The van der Waals surface area contributed by atoms with Gasteiger partial charge in [-0.05, 0) is 34.1 Å². The van der Waals surface area contributed by atoms with E-state index in [4.69, 9.17) is 10.8 Å². The van der Waals surface area contributed by atoms with Crippen LogP contribution in [0.25, 0.3) is 0 Å². The summed E-state index contributed by atoms with van der Waals surface area (Å²) in [4.78, 5) is 21.8. The van der Waals surface area contributed by atoms with E-state index in [1.165, 1.54) is 6.08 Å². The summed E-state index contributed by atoms with van der Waals surface area (Å²) in [5.41, 5.74) is 6.53. The lowest BCUT2D eigenvalue weighted by Gasteiger charge is -2.04. The maximum absolute atomic E-state index is 11.6. The SMILES string of the molecule is Nc1cc(C(=O)NC/C=C/C(=O)O)ccc1Br. The largest absolute Gasteiger partial charge is 0.478 e. The normalized spacial score (nSPS) is 10.4. The van der Waals surface area contributed by atoms with Gasteiger partial charge >= 0.3 is 5.97 Å². The average Bonchev–Trinajstić information content (AvgIpc) is 2.27. The zero-order valence-corrected chi connectivity index (χ0v) is 10.4. The minimum absolute atomic E-state index is 0.154. The first kappa shape index (κ1) is 13.2. The number of nitrogens with one attached hydrogen (secondary N) is 1. The molecule has 0 aliphatic rings. The Kier molecular flexibility index (Phi) is 4.71. The van der Waals surface area contributed by atoms with Gasteiger partial charge in [0.25, 0.3) is 5.91 Å². The van der Waals surface area contributed by atoms with Gasteiger partial charge in [0.15, 0.2) is 0 Å². The molecule has 5 nitrogen and oxygen atoms in total. The van der Waals surface area contributed by atoms with Crippen LogP contribution in [0.15, 0.2) is 34.8 Å². The van der Waals surface area contributed by atoms with Crippen molar-refractivity contribution < 1.29 is 14.7 Å². The summed E-state index contributed by atoms with van der Waals surface area (Å²) >= 11 is 3.23. The quantitative estimate of drug-likeness (QED) is 0.579. The van der Waals surface area contributed by atoms with Crippen LogP contribution in [0.2, 0.25) is 0 Å². The molecule has 0 unspecified atom stereocenters. The van der Waals surface area contributed by atoms with Gasteiger partial charge in [0.05, 0.1) is 0 Å². The third-order valence-corrected chi connectivity index (χ3v) is 2.62. The number of halogens is 1. The number of carboxylic acid groups (broad SMARTS) is 1. The van der Waals surface area contributed by atoms with Crippen LogP contribution in [0.3, 0.4) is 0 Å². The summed E-state index contributed by atoms with van der Waals surface area (Å²) in [6.45, 7) is 0.154. The van der Waals surface area contributed by atoms with Crippen LogP contribution in [-0.2, 0) is 4.79 Å². The van der Waals surface area contributed by atoms with Crippen molar-refractivity contribution in [3.63, 3.8) is 0 Å². The minimum Gasteiger partial charge on any atom is -0.478 e. The Balaban J connectivity index is 2.58. The van der Waals surface area contributed by atoms with Crippen molar-refractivity contribution in [2.24, 2.45) is 0 Å². The van der Waals surface area contributed by atoms with Crippen LogP contribution in [0.5, 0.6) is 0 Å². The molecular formula is C11H11BrN2O3. The van der Waals surface area contributed by atoms with Crippen LogP contribution < -0.4 is 11.1 Å². The zero-order valence-electron chi connectivity index (χ0n) is 8.81. The summed E-state index contributed by atoms with van der Waals surface area (Å²) in [7, 11) is 0. The molecule has 0 saturated heterocycles. The van der Waals surface area contributed by atoms with Crippen molar-refractivity contribution in [2.45, 2.75) is 0 Å². The van der Waals surface area contributed by atoms with Gasteiger partial charge in [-0.2, -0.15) is 0 Å². The van der Waals surface area contributed by atoms with E-state index in [-0.39, 0.29) is 12.5 Å². The molecule has 0 saturated carbocycles. The second kappa shape index (κ2) is 6.05. The van der Waals surface area contributed by atoms with Crippen LogP contribution in [0.4, 0.5) is 5.69 Å². The smallest absolute Gasteiger partial charge is 0.328 e. The van der Waals surface area contributed by atoms with Crippen LogP contribution in [-0.4, -0.2) is 23.5 Å². The number of aliphatic carboxylic acids is 1. The molecule has 0 bridgehead atoms. The number of anilines is 1. The van der Waals surface area contributed by atoms with E-state index in [2.05, 4.69) is 21.2 Å². The highest BCUT2D eigenvalue weighted by molar-refractivity contribution is 9.10. The molecule has 0 heterocycles. The molecule has 0 aliphatic heterocycles. The summed E-state index contributed by atoms with van der Waals surface area (Å²) < 4.78 is 0.722. The lowest BCUT2D eigenvalue weighted by molar-refractivity contribution is -0.131. The fraction of sp³-hybridized carbons (Fsp3) is 0.0909. The van der Waals surface area contributed by atoms with Crippen LogP contribution in [0, 0.1) is 0 Å². The number of hydrogen-bond donors (Lipinski definition) is 3. The molecule has 0 aliphatic carbocycles. The molecule has 90 valence electrons. The summed E-state index contributed by atoms with van der Waals surface area (Å²) in [6.07, 6.45) is 2.32. The highest BCUT2D eigenvalue weighted by Crippen LogP contribution is 2.19. The van der Waals surface area contributed by atoms with Gasteiger partial charge in [-0.3, -0.25) is 4.79 Å². The van der Waals surface area contributed by atoms with Crippen molar-refractivity contribution >= 4 is 33.5 Å². The van der Waals surface area contributed by atoms with Gasteiger partial charge in [0.2, 0.25) is 0 Å². The summed E-state index contributed by atoms with van der Waals surface area (Å²) in [5.74, 6) is -1.36. The molecule has 6 heteroatoms. The molecule has 0 fully saturated rings. The third kappa shape index (κ3) is 4.28. The topological polar surface area (TPSA) is 92.4 Å². The minimum atomic E-state index is -1.05. The molecule has 0 spiro atoms. The van der Waals surface area contributed by atoms with Gasteiger partial charge in [-0.25, -0.2) is 4.79 Å². The lowest BCUT2D eigenvalue weighted by Crippen LogP contribution is -2.23. The van der Waals surface area contributed by atoms with Crippen molar-refractivity contribution in [1.29, 1.82) is 0 Å². The molecule has 0 radical (unpaired) electrons. The van der Waals surface area contributed by atoms with Crippen molar-refractivity contribution in [3.05, 3.63) is 40.4 Å². The first-order valence-electron chi connectivity index (χ1n) is 4.73. The predicted octanol–water partition coefficient (Wildman–Crippen LogP) is 1.40. The maximum Gasteiger partial charge on any atom is 0.328 e. The number of carbonyl (C=O) groups excluding carboxylic acids is 1. The second-order valence-corrected chi connectivity index (χ2v) is 4.04. The molecule has 0 atom stereocenters. The Bertz CT molecular complexity index is 472. The number of nitrogens with two attached hydrogens (primary N) is 1. The monoisotopic (exact) mass is 298 g/mol. The molecule has 4 N–H and O–H groups in total. The standard InChI is InChI=1S/C11H11BrN2O3/c12-8-4-3-7(6-9(8)13)11(17)14-5-1-2-10(15)16/h1-4,6H,5,13H2,(H,14,17)(H,15,16)/b2-1+. The number of hydrogen-bond acceptors (Lipinski definition) is 3. The number of carboxylic acids is 1. The molecular weight excluding hydrogens is 288 g/mol. The van der Waals surface area contributed by atoms with Crippen LogP contribution >= 0.6 is 15.9 Å². The average molecular weight is 299 g/mol. The molecule has 1 amide bonds. The highest BCUT2D eigenvalue weighted by atomic mass is 79.9. The van der Waals surface area contributed by atoms with Gasteiger partial charge in [-0.15, -0.1) is 0 Å². The molecule has 17 heavy (non-hydrogen) atoms. The van der Waals surface area contributed by atoms with Gasteiger partial charge in [-0.1, -0.05) is 6.08 Å². The van der Waals surface area contributed by atoms with E-state index in [0.29, 0.717) is 11.3 Å². The number of nitrogen functional groups attached to an aromatic ring is 1. The van der Waals surface area contributed by atoms with E-state index < -0.39 is 5.97 Å². The third-order valence-electron chi connectivity index (χ3n) is 1.90. The molecule has 1 aromatic carbocycles. The number of carbonyl (C=O) groups is 2. The van der Waals surface area contributed by atoms with Gasteiger partial charge < -0.3 is 16.2 Å². The Morgan fingerprint density at radius 2 is 2.18 bits per heavy atom. The van der Waals surface area contributed by atoms with Gasteiger partial charge in [0, 0.05) is 28.3 Å². The van der Waals surface area contributed by atoms with E-state index in [9.17, 15) is 9.59 Å². The molecule has 1 aromatic rings. The zero-order chi connectivity index (χ0) is 12.8. The van der Waals surface area contributed by atoms with Crippen LogP contribution in [0.1, 0.15) is 10.4 Å². The number of benzene rings is 1. The maximum atomic E-state index is 11.6. The second-order valence-electron chi connectivity index (χ2n) is 3.19. The fourth-order valence-electron chi connectivity index (χ4n) is 1.10. The lowest BCUT2D eigenvalue weighted by atomic mass is 10.2. The number of rotatable bonds is 4. The van der Waals surface area contributed by atoms with Crippen molar-refractivity contribution in [1.82, 2.24) is 5.32 Å². The Morgan fingerprint density at radius 1 is 1.47 bits per heavy atom. The summed E-state index contributed by atoms with van der Waals surface area (Å²) in [5, 5.41) is 10.9. The molecule has 0 aromatic heterocycles. The highest BCUT2D eigenvalue weighted by Gasteiger charge is 2.05. The predicted molar refractivity (Wildman–Crippen MR) is 67.7 cm³/mol. The van der Waals surface area contributed by atoms with E-state index in [1.54, 1.807) is 18.2 Å².